The second-order valence-corrected chi connectivity index (χ2v) is 13.6. The minimum absolute atomic E-state index is 0.162. The molecule has 3 heterocycles. The molecule has 230 valence electrons. The number of fused-ring (bicyclic) bond motifs is 1. The molecule has 0 unspecified atom stereocenters. The van der Waals surface area contributed by atoms with E-state index >= 15 is 0 Å². The average molecular weight is 605 g/mol. The summed E-state index contributed by atoms with van der Waals surface area (Å²) in [6, 6.07) is 3.42. The molecular weight excluding hydrogens is 563 g/mol. The Morgan fingerprint density at radius 2 is 1.64 bits per heavy atom. The van der Waals surface area contributed by atoms with Gasteiger partial charge in [0.15, 0.2) is 5.69 Å². The van der Waals surface area contributed by atoms with Gasteiger partial charge in [0.2, 0.25) is 5.91 Å². The smallest absolute Gasteiger partial charge is 0.410 e. The molecule has 0 bridgehead atoms. The van der Waals surface area contributed by atoms with Crippen LogP contribution in [0.25, 0.3) is 11.4 Å². The molecule has 0 saturated carbocycles. The molecule has 4 rings (SSSR count). The van der Waals surface area contributed by atoms with Crippen LogP contribution < -0.4 is 5.32 Å². The van der Waals surface area contributed by atoms with E-state index in [0.717, 1.165) is 13.0 Å². The molecule has 2 aliphatic rings. The summed E-state index contributed by atoms with van der Waals surface area (Å²) in [7, 11) is 1.96. The van der Waals surface area contributed by atoms with Crippen molar-refractivity contribution in [3.63, 3.8) is 0 Å². The van der Waals surface area contributed by atoms with Gasteiger partial charge >= 0.3 is 6.09 Å². The van der Waals surface area contributed by atoms with Crippen LogP contribution in [0.2, 0.25) is 5.02 Å². The quantitative estimate of drug-likeness (QED) is 0.555. The molecule has 1 aromatic heterocycles. The summed E-state index contributed by atoms with van der Waals surface area (Å²) in [6.45, 7) is 14.2. The molecular formula is C30H42ClFN6O4. The highest BCUT2D eigenvalue weighted by Gasteiger charge is 2.39. The molecule has 0 radical (unpaired) electrons. The molecule has 1 saturated heterocycles. The van der Waals surface area contributed by atoms with E-state index in [4.69, 9.17) is 16.3 Å². The fourth-order valence-corrected chi connectivity index (χ4v) is 5.42. The van der Waals surface area contributed by atoms with Gasteiger partial charge in [-0.2, -0.15) is 0 Å². The third kappa shape index (κ3) is 7.23. The molecule has 1 fully saturated rings. The van der Waals surface area contributed by atoms with Crippen molar-refractivity contribution in [3.8, 4) is 11.4 Å². The molecule has 10 nitrogen and oxygen atoms in total. The van der Waals surface area contributed by atoms with E-state index in [1.807, 2.05) is 53.2 Å². The van der Waals surface area contributed by atoms with E-state index in [0.29, 0.717) is 55.8 Å². The number of halogens is 2. The van der Waals surface area contributed by atoms with Crippen LogP contribution in [0.15, 0.2) is 18.2 Å². The third-order valence-corrected chi connectivity index (χ3v) is 7.66. The van der Waals surface area contributed by atoms with Crippen LogP contribution in [0.5, 0.6) is 0 Å². The zero-order valence-electron chi connectivity index (χ0n) is 25.6. The van der Waals surface area contributed by atoms with E-state index in [1.165, 1.54) is 18.2 Å². The number of benzene rings is 1. The Morgan fingerprint density at radius 1 is 1.00 bits per heavy atom. The number of hydrogen-bond acceptors (Lipinski definition) is 6. The highest BCUT2D eigenvalue weighted by Crippen LogP contribution is 2.30. The van der Waals surface area contributed by atoms with Gasteiger partial charge in [-0.05, 0) is 64.4 Å². The van der Waals surface area contributed by atoms with E-state index in [-0.39, 0.29) is 17.2 Å². The summed E-state index contributed by atoms with van der Waals surface area (Å²) in [4.78, 5) is 50.2. The van der Waals surface area contributed by atoms with Crippen molar-refractivity contribution in [1.82, 2.24) is 29.6 Å². The number of carbonyl (C=O) groups excluding carboxylic acids is 3. The maximum Gasteiger partial charge on any atom is 0.410 e. The molecule has 1 atom stereocenters. The van der Waals surface area contributed by atoms with E-state index in [1.54, 1.807) is 9.80 Å². The maximum absolute atomic E-state index is 14.9. The fourth-order valence-electron chi connectivity index (χ4n) is 5.24. The van der Waals surface area contributed by atoms with Crippen LogP contribution in [0, 0.1) is 11.2 Å². The maximum atomic E-state index is 14.9. The third-order valence-electron chi connectivity index (χ3n) is 7.43. The molecule has 2 aliphatic heterocycles. The predicted molar refractivity (Wildman–Crippen MR) is 159 cm³/mol. The number of carbonyl (C=O) groups is 3. The first-order valence-electron chi connectivity index (χ1n) is 14.4. The molecule has 0 aliphatic carbocycles. The zero-order valence-corrected chi connectivity index (χ0v) is 26.3. The number of imidazole rings is 1. The molecule has 2 aromatic rings. The first kappa shape index (κ1) is 31.7. The first-order chi connectivity index (χ1) is 19.5. The van der Waals surface area contributed by atoms with Crippen LogP contribution in [0.3, 0.4) is 0 Å². The summed E-state index contributed by atoms with van der Waals surface area (Å²) in [5.74, 6) is -0.876. The van der Waals surface area contributed by atoms with Crippen LogP contribution in [-0.4, -0.2) is 93.6 Å². The lowest BCUT2D eigenvalue weighted by Crippen LogP contribution is -2.59. The Hall–Kier alpha value is -3.18. The minimum atomic E-state index is -0.856. The number of piperazine rings is 1. The summed E-state index contributed by atoms with van der Waals surface area (Å²) < 4.78 is 22.3. The second-order valence-electron chi connectivity index (χ2n) is 13.2. The number of rotatable bonds is 4. The number of nitrogens with zero attached hydrogens (tertiary/aromatic N) is 5. The van der Waals surface area contributed by atoms with Gasteiger partial charge in [-0.1, -0.05) is 32.4 Å². The van der Waals surface area contributed by atoms with E-state index < -0.39 is 34.9 Å². The van der Waals surface area contributed by atoms with Crippen molar-refractivity contribution in [3.05, 3.63) is 40.4 Å². The largest absolute Gasteiger partial charge is 0.444 e. The van der Waals surface area contributed by atoms with Gasteiger partial charge in [-0.15, -0.1) is 0 Å². The molecule has 3 amide bonds. The molecule has 1 aromatic carbocycles. The van der Waals surface area contributed by atoms with E-state index in [2.05, 4.69) is 15.2 Å². The van der Waals surface area contributed by atoms with Gasteiger partial charge < -0.3 is 29.3 Å². The van der Waals surface area contributed by atoms with Gasteiger partial charge in [0.25, 0.3) is 5.91 Å². The number of nitrogens with one attached hydrogen (secondary N) is 1. The van der Waals surface area contributed by atoms with Crippen molar-refractivity contribution in [2.24, 2.45) is 5.41 Å². The monoisotopic (exact) mass is 604 g/mol. The van der Waals surface area contributed by atoms with Crippen molar-refractivity contribution in [1.29, 1.82) is 0 Å². The van der Waals surface area contributed by atoms with Gasteiger partial charge in [-0.25, -0.2) is 14.2 Å². The normalized spacial score (nSPS) is 17.4. The lowest BCUT2D eigenvalue weighted by atomic mass is 9.85. The highest BCUT2D eigenvalue weighted by atomic mass is 35.5. The van der Waals surface area contributed by atoms with Crippen LogP contribution in [0.1, 0.15) is 64.1 Å². The van der Waals surface area contributed by atoms with Gasteiger partial charge in [0.05, 0.1) is 11.3 Å². The zero-order chi connectivity index (χ0) is 31.0. The highest BCUT2D eigenvalue weighted by molar-refractivity contribution is 6.30. The first-order valence-corrected chi connectivity index (χ1v) is 14.7. The Balaban J connectivity index is 1.58. The SMILES string of the molecule is CN1CCCn2c(-c3cc(Cl)ccc3F)nc(C(=O)N[C@H](C(=O)N3CCN(C(=O)OC(C)(C)C)CC3)C(C)(C)C)c2C1. The lowest BCUT2D eigenvalue weighted by Gasteiger charge is -2.39. The number of ether oxygens (including phenoxy) is 1. The number of aromatic nitrogens is 2. The van der Waals surface area contributed by atoms with Gasteiger partial charge in [0, 0.05) is 44.3 Å². The van der Waals surface area contributed by atoms with Gasteiger partial charge in [0.1, 0.15) is 23.3 Å². The fraction of sp³-hybridized carbons (Fsp3) is 0.600. The minimum Gasteiger partial charge on any atom is -0.444 e. The van der Waals surface area contributed by atoms with Crippen molar-refractivity contribution in [2.75, 3.05) is 39.8 Å². The van der Waals surface area contributed by atoms with Crippen molar-refractivity contribution < 1.29 is 23.5 Å². The van der Waals surface area contributed by atoms with Crippen LogP contribution in [-0.2, 0) is 22.6 Å². The lowest BCUT2D eigenvalue weighted by molar-refractivity contribution is -0.137. The standard InChI is InChI=1S/C30H42ClFN6O4/c1-29(2,3)24(27(40)36-13-15-37(16-14-36)28(41)42-30(4,5)6)34-26(39)23-22-18-35(7)11-8-12-38(22)25(33-23)20-17-19(31)9-10-21(20)32/h9-10,17,24H,8,11-16,18H2,1-7H3,(H,34,39)/t24-/m1/s1. The van der Waals surface area contributed by atoms with E-state index in [9.17, 15) is 18.8 Å². The summed E-state index contributed by atoms with van der Waals surface area (Å²) in [5.41, 5.74) is -0.184. The number of amides is 3. The Kier molecular flexibility index (Phi) is 9.22. The van der Waals surface area contributed by atoms with Crippen LogP contribution in [0.4, 0.5) is 9.18 Å². The Bertz CT molecular complexity index is 1340. The second kappa shape index (κ2) is 12.2. The predicted octanol–water partition coefficient (Wildman–Crippen LogP) is 4.40. The van der Waals surface area contributed by atoms with Gasteiger partial charge in [-0.3, -0.25) is 9.59 Å². The molecule has 1 N–H and O–H groups in total. The molecule has 42 heavy (non-hydrogen) atoms. The van der Waals surface area contributed by atoms with Crippen LogP contribution >= 0.6 is 11.6 Å². The topological polar surface area (TPSA) is 100 Å². The molecule has 12 heteroatoms. The summed E-state index contributed by atoms with van der Waals surface area (Å²) in [6.07, 6.45) is 0.391. The molecule has 0 spiro atoms. The Labute approximate surface area is 252 Å². The summed E-state index contributed by atoms with van der Waals surface area (Å²) >= 11 is 6.19. The number of hydrogen-bond donors (Lipinski definition) is 1. The summed E-state index contributed by atoms with van der Waals surface area (Å²) in [5, 5.41) is 3.33. The Morgan fingerprint density at radius 3 is 2.26 bits per heavy atom. The van der Waals surface area contributed by atoms with Crippen molar-refractivity contribution >= 4 is 29.5 Å². The van der Waals surface area contributed by atoms with Crippen molar-refractivity contribution in [2.45, 2.75) is 72.7 Å². The average Bonchev–Trinajstić information content (AvgIpc) is 3.12.